The van der Waals surface area contributed by atoms with E-state index in [4.69, 9.17) is 9.47 Å². The van der Waals surface area contributed by atoms with Gasteiger partial charge in [0, 0.05) is 18.5 Å². The van der Waals surface area contributed by atoms with Gasteiger partial charge in [-0.25, -0.2) is 0 Å². The van der Waals surface area contributed by atoms with Crippen molar-refractivity contribution in [3.63, 3.8) is 0 Å². The quantitative estimate of drug-likeness (QED) is 0.858. The van der Waals surface area contributed by atoms with Crippen LogP contribution in [0.15, 0.2) is 12.1 Å². The number of carbonyl (C=O) groups excluding carboxylic acids is 1. The van der Waals surface area contributed by atoms with Crippen molar-refractivity contribution in [1.82, 2.24) is 0 Å². The molecule has 2 fully saturated rings. The highest BCUT2D eigenvalue weighted by molar-refractivity contribution is 6.00. The lowest BCUT2D eigenvalue weighted by molar-refractivity contribution is -0.120. The first-order valence-electron chi connectivity index (χ1n) is 7.75. The third-order valence-corrected chi connectivity index (χ3v) is 5.33. The lowest BCUT2D eigenvalue weighted by Gasteiger charge is -2.31. The smallest absolute Gasteiger partial charge is 0.230 e. The molecule has 2 aliphatic carbocycles. The fourth-order valence-electron chi connectivity index (χ4n) is 3.77. The summed E-state index contributed by atoms with van der Waals surface area (Å²) in [5.41, 5.74) is 2.53. The lowest BCUT2D eigenvalue weighted by atomic mass is 9.99. The molecule has 2 saturated carbocycles. The number of hydrogen-bond donors (Lipinski definition) is 0. The Morgan fingerprint density at radius 2 is 2.10 bits per heavy atom. The van der Waals surface area contributed by atoms with Gasteiger partial charge in [-0.2, -0.15) is 0 Å². The van der Waals surface area contributed by atoms with Gasteiger partial charge in [0.2, 0.25) is 5.91 Å². The average molecular weight is 287 g/mol. The Labute approximate surface area is 125 Å². The number of rotatable bonds is 3. The second-order valence-electron chi connectivity index (χ2n) is 6.55. The highest BCUT2D eigenvalue weighted by Crippen LogP contribution is 2.71. The van der Waals surface area contributed by atoms with Crippen molar-refractivity contribution in [2.24, 2.45) is 11.3 Å². The maximum atomic E-state index is 12.8. The number of amides is 1. The zero-order valence-corrected chi connectivity index (χ0v) is 12.6. The normalized spacial score (nSPS) is 24.5. The van der Waals surface area contributed by atoms with Crippen molar-refractivity contribution in [2.45, 2.75) is 32.1 Å². The van der Waals surface area contributed by atoms with E-state index in [1.807, 2.05) is 17.0 Å². The van der Waals surface area contributed by atoms with Gasteiger partial charge in [0.15, 0.2) is 0 Å². The van der Waals surface area contributed by atoms with Crippen molar-refractivity contribution in [2.75, 3.05) is 25.7 Å². The molecule has 3 aliphatic rings. The van der Waals surface area contributed by atoms with E-state index in [1.54, 1.807) is 14.2 Å². The van der Waals surface area contributed by atoms with Gasteiger partial charge in [-0.05, 0) is 49.1 Å². The highest BCUT2D eigenvalue weighted by Gasteiger charge is 2.66. The summed E-state index contributed by atoms with van der Waals surface area (Å²) in [7, 11) is 3.32. The van der Waals surface area contributed by atoms with Gasteiger partial charge in [-0.15, -0.1) is 0 Å². The fraction of sp³-hybridized carbons (Fsp3) is 0.588. The molecule has 0 N–H and O–H groups in total. The lowest BCUT2D eigenvalue weighted by Crippen LogP contribution is -2.37. The van der Waals surface area contributed by atoms with Crippen LogP contribution < -0.4 is 14.4 Å². The molecule has 0 radical (unpaired) electrons. The first kappa shape index (κ1) is 13.0. The van der Waals surface area contributed by atoms with Crippen molar-refractivity contribution >= 4 is 11.6 Å². The van der Waals surface area contributed by atoms with E-state index in [0.717, 1.165) is 48.6 Å². The molecule has 0 aromatic heterocycles. The number of anilines is 1. The standard InChI is InChI=1S/C17H21NO3/c1-20-12-8-11-4-3-7-18(15(11)14(9-12)21-2)16(19)13-10-17(13)5-6-17/h8-9,13H,3-7,10H2,1-2H3. The Hall–Kier alpha value is -1.71. The zero-order valence-electron chi connectivity index (χ0n) is 12.6. The number of fused-ring (bicyclic) bond motifs is 1. The Morgan fingerprint density at radius 1 is 1.29 bits per heavy atom. The number of ether oxygens (including phenoxy) is 2. The minimum absolute atomic E-state index is 0.259. The van der Waals surface area contributed by atoms with E-state index in [1.165, 1.54) is 12.8 Å². The van der Waals surface area contributed by atoms with Crippen molar-refractivity contribution in [1.29, 1.82) is 0 Å². The summed E-state index contributed by atoms with van der Waals surface area (Å²) in [6.45, 7) is 0.807. The van der Waals surface area contributed by atoms with Crippen LogP contribution in [0.5, 0.6) is 11.5 Å². The van der Waals surface area contributed by atoms with E-state index in [-0.39, 0.29) is 5.92 Å². The molecule has 4 rings (SSSR count). The third kappa shape index (κ3) is 1.92. The first-order chi connectivity index (χ1) is 10.2. The molecule has 1 aromatic rings. The van der Waals surface area contributed by atoms with Gasteiger partial charge < -0.3 is 14.4 Å². The Balaban J connectivity index is 1.71. The van der Waals surface area contributed by atoms with Crippen LogP contribution in [0.1, 0.15) is 31.2 Å². The molecule has 1 heterocycles. The Kier molecular flexibility index (Phi) is 2.72. The number of carbonyl (C=O) groups is 1. The Bertz CT molecular complexity index is 589. The molecular formula is C17H21NO3. The summed E-state index contributed by atoms with van der Waals surface area (Å²) in [4.78, 5) is 14.8. The fourth-order valence-corrected chi connectivity index (χ4v) is 3.77. The zero-order chi connectivity index (χ0) is 14.6. The minimum atomic E-state index is 0.259. The van der Waals surface area contributed by atoms with Crippen LogP contribution in [0.25, 0.3) is 0 Å². The van der Waals surface area contributed by atoms with Crippen LogP contribution in [-0.4, -0.2) is 26.7 Å². The SMILES string of the molecule is COc1cc2c(c(OC)c1)N(C(=O)C1CC13CC3)CCC2. The summed E-state index contributed by atoms with van der Waals surface area (Å²) in [6, 6.07) is 3.92. The minimum Gasteiger partial charge on any atom is -0.497 e. The highest BCUT2D eigenvalue weighted by atomic mass is 16.5. The molecule has 112 valence electrons. The van der Waals surface area contributed by atoms with E-state index in [9.17, 15) is 4.79 Å². The van der Waals surface area contributed by atoms with Gasteiger partial charge in [0.25, 0.3) is 0 Å². The van der Waals surface area contributed by atoms with Crippen molar-refractivity contribution < 1.29 is 14.3 Å². The van der Waals surface area contributed by atoms with Crippen LogP contribution in [0.3, 0.4) is 0 Å². The molecule has 1 amide bonds. The van der Waals surface area contributed by atoms with Crippen LogP contribution in [0.2, 0.25) is 0 Å². The van der Waals surface area contributed by atoms with Gasteiger partial charge in [-0.1, -0.05) is 0 Å². The maximum absolute atomic E-state index is 12.8. The maximum Gasteiger partial charge on any atom is 0.230 e. The van der Waals surface area contributed by atoms with Crippen LogP contribution in [-0.2, 0) is 11.2 Å². The predicted octanol–water partition coefficient (Wildman–Crippen LogP) is 2.78. The summed E-state index contributed by atoms with van der Waals surface area (Å²) >= 11 is 0. The van der Waals surface area contributed by atoms with Crippen LogP contribution >= 0.6 is 0 Å². The first-order valence-corrected chi connectivity index (χ1v) is 7.75. The van der Waals surface area contributed by atoms with E-state index < -0.39 is 0 Å². The molecule has 21 heavy (non-hydrogen) atoms. The molecule has 1 aliphatic heterocycles. The molecule has 4 heteroatoms. The number of benzene rings is 1. The molecule has 1 unspecified atom stereocenters. The summed E-state index contributed by atoms with van der Waals surface area (Å²) in [6.07, 6.45) is 5.56. The number of nitrogens with zero attached hydrogens (tertiary/aromatic N) is 1. The number of methoxy groups -OCH3 is 2. The van der Waals surface area contributed by atoms with E-state index >= 15 is 0 Å². The van der Waals surface area contributed by atoms with Crippen LogP contribution in [0, 0.1) is 11.3 Å². The molecule has 0 saturated heterocycles. The molecule has 1 atom stereocenters. The van der Waals surface area contributed by atoms with Crippen molar-refractivity contribution in [3.05, 3.63) is 17.7 Å². The van der Waals surface area contributed by atoms with E-state index in [2.05, 4.69) is 0 Å². The monoisotopic (exact) mass is 287 g/mol. The van der Waals surface area contributed by atoms with Crippen molar-refractivity contribution in [3.8, 4) is 11.5 Å². The number of aryl methyl sites for hydroxylation is 1. The largest absolute Gasteiger partial charge is 0.497 e. The van der Waals surface area contributed by atoms with Gasteiger partial charge in [0.05, 0.1) is 19.9 Å². The van der Waals surface area contributed by atoms with Gasteiger partial charge in [0.1, 0.15) is 11.5 Å². The topological polar surface area (TPSA) is 38.8 Å². The summed E-state index contributed by atoms with van der Waals surface area (Å²) in [5.74, 6) is 2.11. The second-order valence-corrected chi connectivity index (χ2v) is 6.55. The van der Waals surface area contributed by atoms with E-state index in [0.29, 0.717) is 11.3 Å². The predicted molar refractivity (Wildman–Crippen MR) is 80.0 cm³/mol. The summed E-state index contributed by atoms with van der Waals surface area (Å²) in [5, 5.41) is 0. The summed E-state index contributed by atoms with van der Waals surface area (Å²) < 4.78 is 10.9. The Morgan fingerprint density at radius 3 is 2.71 bits per heavy atom. The average Bonchev–Trinajstić information content (AvgIpc) is 3.44. The second kappa shape index (κ2) is 4.39. The molecule has 1 aromatic carbocycles. The molecule has 4 nitrogen and oxygen atoms in total. The number of hydrogen-bond acceptors (Lipinski definition) is 3. The molecule has 0 bridgehead atoms. The molecule has 1 spiro atoms. The molecular weight excluding hydrogens is 266 g/mol. The van der Waals surface area contributed by atoms with Crippen LogP contribution in [0.4, 0.5) is 5.69 Å². The third-order valence-electron chi connectivity index (χ3n) is 5.33. The van der Waals surface area contributed by atoms with Gasteiger partial charge in [-0.3, -0.25) is 4.79 Å². The van der Waals surface area contributed by atoms with Gasteiger partial charge >= 0.3 is 0 Å².